The Hall–Kier alpha value is -1.75. The number of hydrogen-bond donors (Lipinski definition) is 1. The summed E-state index contributed by atoms with van der Waals surface area (Å²) in [7, 11) is 0. The summed E-state index contributed by atoms with van der Waals surface area (Å²) < 4.78 is 11.6. The van der Waals surface area contributed by atoms with Crippen LogP contribution in [0.4, 0.5) is 4.79 Å². The number of urea groups is 1. The van der Waals surface area contributed by atoms with Gasteiger partial charge in [-0.05, 0) is 25.3 Å². The molecule has 1 aromatic carbocycles. The molecule has 2 amide bonds. The van der Waals surface area contributed by atoms with Crippen LogP contribution in [0.3, 0.4) is 0 Å². The van der Waals surface area contributed by atoms with Gasteiger partial charge in [-0.25, -0.2) is 4.79 Å². The van der Waals surface area contributed by atoms with Crippen LogP contribution in [0.1, 0.15) is 36.4 Å². The molecule has 5 heteroatoms. The van der Waals surface area contributed by atoms with Crippen LogP contribution in [0.15, 0.2) is 18.2 Å². The zero-order chi connectivity index (χ0) is 15.1. The minimum absolute atomic E-state index is 0.0274. The summed E-state index contributed by atoms with van der Waals surface area (Å²) in [5.74, 6) is 0.932. The number of aryl methyl sites for hydroxylation is 1. The molecule has 0 saturated carbocycles. The van der Waals surface area contributed by atoms with Gasteiger partial charge in [-0.3, -0.25) is 0 Å². The van der Waals surface area contributed by atoms with Crippen molar-refractivity contribution in [2.45, 2.75) is 44.4 Å². The van der Waals surface area contributed by atoms with Gasteiger partial charge in [0, 0.05) is 25.1 Å². The lowest BCUT2D eigenvalue weighted by atomic mass is 9.98. The molecule has 5 nitrogen and oxygen atoms in total. The number of ether oxygens (including phenoxy) is 2. The maximum atomic E-state index is 12.6. The summed E-state index contributed by atoms with van der Waals surface area (Å²) in [4.78, 5) is 14.5. The maximum absolute atomic E-state index is 12.6. The third kappa shape index (κ3) is 2.43. The van der Waals surface area contributed by atoms with Gasteiger partial charge in [0.1, 0.15) is 5.75 Å². The molecular weight excluding hydrogens is 280 g/mol. The normalized spacial score (nSPS) is 29.7. The molecule has 3 heterocycles. The quantitative estimate of drug-likeness (QED) is 0.866. The van der Waals surface area contributed by atoms with Crippen LogP contribution in [-0.4, -0.2) is 42.8 Å². The van der Waals surface area contributed by atoms with Crippen molar-refractivity contribution in [2.24, 2.45) is 0 Å². The number of likely N-dealkylation sites (tertiary alicyclic amines) is 1. The Morgan fingerprint density at radius 3 is 2.77 bits per heavy atom. The van der Waals surface area contributed by atoms with Crippen LogP contribution in [0.2, 0.25) is 0 Å². The predicted molar refractivity (Wildman–Crippen MR) is 82.0 cm³/mol. The van der Waals surface area contributed by atoms with Crippen molar-refractivity contribution in [3.63, 3.8) is 0 Å². The van der Waals surface area contributed by atoms with Crippen molar-refractivity contribution in [3.8, 4) is 5.75 Å². The van der Waals surface area contributed by atoms with E-state index in [-0.39, 0.29) is 24.3 Å². The van der Waals surface area contributed by atoms with Crippen molar-refractivity contribution in [2.75, 3.05) is 19.7 Å². The molecule has 2 bridgehead atoms. The van der Waals surface area contributed by atoms with Crippen molar-refractivity contribution in [1.29, 1.82) is 0 Å². The minimum Gasteiger partial charge on any atom is -0.493 e. The lowest BCUT2D eigenvalue weighted by Gasteiger charge is -2.34. The van der Waals surface area contributed by atoms with Gasteiger partial charge in [0.2, 0.25) is 0 Å². The number of morpholine rings is 1. The second-order valence-corrected chi connectivity index (χ2v) is 6.49. The molecule has 1 aromatic rings. The Morgan fingerprint density at radius 1 is 1.23 bits per heavy atom. The fraction of sp³-hybridized carbons (Fsp3) is 0.588. The van der Waals surface area contributed by atoms with Gasteiger partial charge in [-0.15, -0.1) is 0 Å². The molecule has 4 rings (SSSR count). The van der Waals surface area contributed by atoms with Crippen LogP contribution >= 0.6 is 0 Å². The largest absolute Gasteiger partial charge is 0.493 e. The van der Waals surface area contributed by atoms with E-state index in [1.165, 1.54) is 0 Å². The summed E-state index contributed by atoms with van der Waals surface area (Å²) in [6, 6.07) is 6.19. The van der Waals surface area contributed by atoms with E-state index in [0.717, 1.165) is 36.1 Å². The zero-order valence-electron chi connectivity index (χ0n) is 12.9. The molecule has 0 spiro atoms. The average Bonchev–Trinajstić information content (AvgIpc) is 2.86. The van der Waals surface area contributed by atoms with Crippen LogP contribution < -0.4 is 10.1 Å². The predicted octanol–water partition coefficient (Wildman–Crippen LogP) is 2.39. The molecule has 1 N–H and O–H groups in total. The highest BCUT2D eigenvalue weighted by Gasteiger charge is 2.36. The first kappa shape index (κ1) is 13.9. The van der Waals surface area contributed by atoms with E-state index in [4.69, 9.17) is 9.47 Å². The third-order valence-corrected chi connectivity index (χ3v) is 4.90. The van der Waals surface area contributed by atoms with E-state index in [0.29, 0.717) is 19.7 Å². The number of fused-ring (bicyclic) bond motifs is 3. The summed E-state index contributed by atoms with van der Waals surface area (Å²) in [6.45, 7) is 4.12. The fourth-order valence-electron chi connectivity index (χ4n) is 3.75. The smallest absolute Gasteiger partial charge is 0.318 e. The van der Waals surface area contributed by atoms with E-state index < -0.39 is 0 Å². The van der Waals surface area contributed by atoms with Crippen molar-refractivity contribution >= 4 is 6.03 Å². The van der Waals surface area contributed by atoms with E-state index in [2.05, 4.69) is 11.4 Å². The van der Waals surface area contributed by atoms with Crippen molar-refractivity contribution in [1.82, 2.24) is 10.2 Å². The number of carbonyl (C=O) groups excluding carboxylic acids is 1. The molecule has 2 unspecified atom stereocenters. The van der Waals surface area contributed by atoms with Crippen molar-refractivity contribution in [3.05, 3.63) is 29.3 Å². The van der Waals surface area contributed by atoms with Gasteiger partial charge >= 0.3 is 6.03 Å². The fourth-order valence-corrected chi connectivity index (χ4v) is 3.75. The Kier molecular flexibility index (Phi) is 3.45. The third-order valence-electron chi connectivity index (χ3n) is 4.90. The molecular formula is C17H22N2O3. The number of amides is 2. The zero-order valence-corrected chi connectivity index (χ0v) is 12.9. The van der Waals surface area contributed by atoms with Gasteiger partial charge in [0.05, 0.1) is 24.9 Å². The highest BCUT2D eigenvalue weighted by atomic mass is 16.5. The number of carbonyl (C=O) groups is 1. The number of nitrogens with one attached hydrogen (secondary N) is 1. The summed E-state index contributed by atoms with van der Waals surface area (Å²) in [6.07, 6.45) is 3.43. The first-order valence-corrected chi connectivity index (χ1v) is 8.14. The van der Waals surface area contributed by atoms with Crippen molar-refractivity contribution < 1.29 is 14.3 Å². The SMILES string of the molecule is Cc1cccc2c1OCC[C@H]2NC(=O)N1CC2CCC(C1)O2. The number of para-hydroxylation sites is 1. The Labute approximate surface area is 130 Å². The minimum atomic E-state index is 0.0274. The number of hydrogen-bond acceptors (Lipinski definition) is 3. The van der Waals surface area contributed by atoms with Crippen LogP contribution in [0.5, 0.6) is 5.75 Å². The Bertz CT molecular complexity index is 577. The van der Waals surface area contributed by atoms with Crippen LogP contribution in [0, 0.1) is 6.92 Å². The van der Waals surface area contributed by atoms with Crippen LogP contribution in [-0.2, 0) is 4.74 Å². The highest BCUT2D eigenvalue weighted by Crippen LogP contribution is 2.35. The number of benzene rings is 1. The van der Waals surface area contributed by atoms with Gasteiger partial charge in [0.15, 0.2) is 0 Å². The van der Waals surface area contributed by atoms with Gasteiger partial charge in [0.25, 0.3) is 0 Å². The Balaban J connectivity index is 1.48. The molecule has 0 aromatic heterocycles. The van der Waals surface area contributed by atoms with Gasteiger partial charge in [-0.2, -0.15) is 0 Å². The summed E-state index contributed by atoms with van der Waals surface area (Å²) >= 11 is 0. The molecule has 3 aliphatic rings. The first-order valence-electron chi connectivity index (χ1n) is 8.14. The first-order chi connectivity index (χ1) is 10.7. The highest BCUT2D eigenvalue weighted by molar-refractivity contribution is 5.75. The maximum Gasteiger partial charge on any atom is 0.318 e. The average molecular weight is 302 g/mol. The molecule has 3 atom stereocenters. The van der Waals surface area contributed by atoms with Gasteiger partial charge < -0.3 is 19.7 Å². The molecule has 0 aliphatic carbocycles. The lowest BCUT2D eigenvalue weighted by molar-refractivity contribution is -0.0243. The second-order valence-electron chi connectivity index (χ2n) is 6.49. The summed E-state index contributed by atoms with van der Waals surface area (Å²) in [5.41, 5.74) is 2.22. The molecule has 0 radical (unpaired) electrons. The molecule has 3 aliphatic heterocycles. The standard InChI is InChI=1S/C17H22N2O3/c1-11-3-2-4-14-15(7-8-21-16(11)14)18-17(20)19-9-12-5-6-13(10-19)22-12/h2-4,12-13,15H,5-10H2,1H3,(H,18,20)/t12?,13?,15-/m1/s1. The van der Waals surface area contributed by atoms with Gasteiger partial charge in [-0.1, -0.05) is 18.2 Å². The van der Waals surface area contributed by atoms with E-state index in [9.17, 15) is 4.79 Å². The number of nitrogens with zero attached hydrogens (tertiary/aromatic N) is 1. The molecule has 2 fully saturated rings. The Morgan fingerprint density at radius 2 is 2.00 bits per heavy atom. The second kappa shape index (κ2) is 5.47. The topological polar surface area (TPSA) is 50.8 Å². The molecule has 22 heavy (non-hydrogen) atoms. The van der Waals surface area contributed by atoms with Crippen LogP contribution in [0.25, 0.3) is 0 Å². The molecule has 2 saturated heterocycles. The van der Waals surface area contributed by atoms with E-state index in [1.807, 2.05) is 24.0 Å². The molecule has 118 valence electrons. The lowest BCUT2D eigenvalue weighted by Crippen LogP contribution is -2.50. The summed E-state index contributed by atoms with van der Waals surface area (Å²) in [5, 5.41) is 3.19. The van der Waals surface area contributed by atoms with E-state index in [1.54, 1.807) is 0 Å². The van der Waals surface area contributed by atoms with E-state index >= 15 is 0 Å². The number of rotatable bonds is 1. The monoisotopic (exact) mass is 302 g/mol.